The number of hydrogen-bond acceptors (Lipinski definition) is 2. The summed E-state index contributed by atoms with van der Waals surface area (Å²) in [5.74, 6) is 0.913. The van der Waals surface area contributed by atoms with Gasteiger partial charge in [-0.15, -0.1) is 0 Å². The quantitative estimate of drug-likeness (QED) is 0.646. The van der Waals surface area contributed by atoms with Gasteiger partial charge < -0.3 is 10.1 Å². The summed E-state index contributed by atoms with van der Waals surface area (Å²) in [5.41, 5.74) is 4.55. The lowest BCUT2D eigenvalue weighted by Crippen LogP contribution is -2.21. The first kappa shape index (κ1) is 13.4. The Kier molecular flexibility index (Phi) is 3.35. The minimum atomic E-state index is -0.188. The van der Waals surface area contributed by atoms with Gasteiger partial charge in [-0.25, -0.2) is 0 Å². The van der Waals surface area contributed by atoms with Crippen LogP contribution in [0.2, 0.25) is 0 Å². The zero-order chi connectivity index (χ0) is 14.9. The van der Waals surface area contributed by atoms with Crippen molar-refractivity contribution in [1.82, 2.24) is 0 Å². The van der Waals surface area contributed by atoms with E-state index in [4.69, 9.17) is 4.74 Å². The summed E-state index contributed by atoms with van der Waals surface area (Å²) in [5, 5.41) is 3.46. The van der Waals surface area contributed by atoms with Gasteiger partial charge in [-0.2, -0.15) is 0 Å². The van der Waals surface area contributed by atoms with E-state index in [9.17, 15) is 0 Å². The van der Waals surface area contributed by atoms with Crippen LogP contribution in [0.1, 0.15) is 11.8 Å². The molecule has 4 rings (SSSR count). The van der Waals surface area contributed by atoms with Gasteiger partial charge in [0, 0.05) is 21.3 Å². The maximum atomic E-state index is 6.17. The Bertz CT molecular complexity index is 814. The van der Waals surface area contributed by atoms with Crippen molar-refractivity contribution in [1.29, 1.82) is 0 Å². The molecule has 3 heteroatoms. The van der Waals surface area contributed by atoms with Crippen molar-refractivity contribution in [3.63, 3.8) is 0 Å². The zero-order valence-electron chi connectivity index (χ0n) is 11.8. The van der Waals surface area contributed by atoms with Crippen molar-refractivity contribution in [3.8, 4) is 16.9 Å². The highest BCUT2D eigenvalue weighted by Crippen LogP contribution is 2.42. The molecular formula is C19H14BrNO. The summed E-state index contributed by atoms with van der Waals surface area (Å²) in [7, 11) is 0. The number of hydrogen-bond donors (Lipinski definition) is 1. The molecule has 0 aromatic heterocycles. The molecule has 1 unspecified atom stereocenters. The molecule has 3 aromatic carbocycles. The van der Waals surface area contributed by atoms with Crippen LogP contribution in [0.15, 0.2) is 77.3 Å². The van der Waals surface area contributed by atoms with E-state index in [2.05, 4.69) is 45.5 Å². The molecule has 1 N–H and O–H groups in total. The predicted molar refractivity (Wildman–Crippen MR) is 93.0 cm³/mol. The highest BCUT2D eigenvalue weighted by molar-refractivity contribution is 9.10. The molecule has 22 heavy (non-hydrogen) atoms. The standard InChI is InChI=1S/C19H14BrNO/c20-13-9-11-14(12-10-13)21-19-17-7-2-1-5-15(17)16-6-3-4-8-18(16)22-19/h1-12,19,21H. The van der Waals surface area contributed by atoms with E-state index in [-0.39, 0.29) is 6.23 Å². The highest BCUT2D eigenvalue weighted by atomic mass is 79.9. The van der Waals surface area contributed by atoms with Crippen LogP contribution in [0.4, 0.5) is 5.69 Å². The Labute approximate surface area is 137 Å². The molecule has 0 radical (unpaired) electrons. The van der Waals surface area contributed by atoms with Crippen LogP contribution in [0, 0.1) is 0 Å². The predicted octanol–water partition coefficient (Wildman–Crippen LogP) is 5.62. The fourth-order valence-corrected chi connectivity index (χ4v) is 3.02. The number of halogens is 1. The molecule has 1 aliphatic rings. The van der Waals surface area contributed by atoms with Crippen LogP contribution >= 0.6 is 15.9 Å². The van der Waals surface area contributed by atoms with Crippen LogP contribution in [-0.2, 0) is 0 Å². The second-order valence-corrected chi connectivity index (χ2v) is 6.15. The molecule has 0 aliphatic carbocycles. The van der Waals surface area contributed by atoms with E-state index in [0.29, 0.717) is 0 Å². The number of anilines is 1. The summed E-state index contributed by atoms with van der Waals surface area (Å²) in [6.07, 6.45) is -0.188. The monoisotopic (exact) mass is 351 g/mol. The maximum Gasteiger partial charge on any atom is 0.197 e. The van der Waals surface area contributed by atoms with E-state index in [0.717, 1.165) is 27.0 Å². The Balaban J connectivity index is 1.74. The van der Waals surface area contributed by atoms with Gasteiger partial charge >= 0.3 is 0 Å². The molecule has 0 saturated heterocycles. The van der Waals surface area contributed by atoms with Crippen LogP contribution in [0.25, 0.3) is 11.1 Å². The fourth-order valence-electron chi connectivity index (χ4n) is 2.76. The molecule has 1 atom stereocenters. The van der Waals surface area contributed by atoms with Crippen molar-refractivity contribution >= 4 is 21.6 Å². The van der Waals surface area contributed by atoms with E-state index in [1.54, 1.807) is 0 Å². The number of benzene rings is 3. The highest BCUT2D eigenvalue weighted by Gasteiger charge is 2.25. The van der Waals surface area contributed by atoms with Crippen LogP contribution in [-0.4, -0.2) is 0 Å². The molecule has 0 saturated carbocycles. The summed E-state index contributed by atoms with van der Waals surface area (Å²) < 4.78 is 7.23. The Hall–Kier alpha value is -2.26. The average Bonchev–Trinajstić information content (AvgIpc) is 2.57. The van der Waals surface area contributed by atoms with Crippen molar-refractivity contribution in [2.75, 3.05) is 5.32 Å². The third-order valence-corrected chi connectivity index (χ3v) is 4.34. The SMILES string of the molecule is Brc1ccc(NC2Oc3ccccc3-c3ccccc32)cc1. The molecular weight excluding hydrogens is 338 g/mol. The zero-order valence-corrected chi connectivity index (χ0v) is 13.4. The molecule has 1 heterocycles. The number of nitrogens with one attached hydrogen (secondary N) is 1. The Morgan fingerprint density at radius 2 is 1.45 bits per heavy atom. The first-order valence-corrected chi connectivity index (χ1v) is 7.98. The van der Waals surface area contributed by atoms with E-state index in [1.807, 2.05) is 48.5 Å². The molecule has 0 fully saturated rings. The van der Waals surface area contributed by atoms with Crippen LogP contribution in [0.3, 0.4) is 0 Å². The minimum Gasteiger partial charge on any atom is -0.466 e. The van der Waals surface area contributed by atoms with Crippen molar-refractivity contribution in [2.45, 2.75) is 6.23 Å². The first-order chi connectivity index (χ1) is 10.8. The Morgan fingerprint density at radius 3 is 2.27 bits per heavy atom. The third kappa shape index (κ3) is 2.38. The van der Waals surface area contributed by atoms with Gasteiger partial charge in [0.15, 0.2) is 6.23 Å². The first-order valence-electron chi connectivity index (χ1n) is 7.18. The molecule has 0 amide bonds. The van der Waals surface area contributed by atoms with Gasteiger partial charge in [0.25, 0.3) is 0 Å². The normalized spacial score (nSPS) is 15.4. The largest absolute Gasteiger partial charge is 0.466 e. The third-order valence-electron chi connectivity index (χ3n) is 3.81. The maximum absolute atomic E-state index is 6.17. The van der Waals surface area contributed by atoms with Gasteiger partial charge in [0.2, 0.25) is 0 Å². The molecule has 2 nitrogen and oxygen atoms in total. The summed E-state index contributed by atoms with van der Waals surface area (Å²) in [6.45, 7) is 0. The van der Waals surface area contributed by atoms with Crippen LogP contribution < -0.4 is 10.1 Å². The van der Waals surface area contributed by atoms with Crippen molar-refractivity contribution in [3.05, 3.63) is 82.8 Å². The fraction of sp³-hybridized carbons (Fsp3) is 0.0526. The number of para-hydroxylation sites is 1. The molecule has 0 bridgehead atoms. The summed E-state index contributed by atoms with van der Waals surface area (Å²) in [4.78, 5) is 0. The van der Waals surface area contributed by atoms with Gasteiger partial charge in [-0.3, -0.25) is 0 Å². The van der Waals surface area contributed by atoms with Gasteiger partial charge in [-0.05, 0) is 35.9 Å². The van der Waals surface area contributed by atoms with E-state index in [1.165, 1.54) is 5.56 Å². The van der Waals surface area contributed by atoms with E-state index < -0.39 is 0 Å². The molecule has 3 aromatic rings. The number of rotatable bonds is 2. The van der Waals surface area contributed by atoms with Crippen LogP contribution in [0.5, 0.6) is 5.75 Å². The minimum absolute atomic E-state index is 0.188. The topological polar surface area (TPSA) is 21.3 Å². The Morgan fingerprint density at radius 1 is 0.773 bits per heavy atom. The second-order valence-electron chi connectivity index (χ2n) is 5.23. The van der Waals surface area contributed by atoms with E-state index >= 15 is 0 Å². The summed E-state index contributed by atoms with van der Waals surface area (Å²) >= 11 is 3.46. The molecule has 1 aliphatic heterocycles. The lowest BCUT2D eigenvalue weighted by atomic mass is 9.95. The number of ether oxygens (including phenoxy) is 1. The smallest absolute Gasteiger partial charge is 0.197 e. The van der Waals surface area contributed by atoms with Crippen molar-refractivity contribution < 1.29 is 4.74 Å². The van der Waals surface area contributed by atoms with Crippen molar-refractivity contribution in [2.24, 2.45) is 0 Å². The van der Waals surface area contributed by atoms with Gasteiger partial charge in [0.05, 0.1) is 0 Å². The lowest BCUT2D eigenvalue weighted by Gasteiger charge is -2.29. The summed E-state index contributed by atoms with van der Waals surface area (Å²) in [6, 6.07) is 24.7. The lowest BCUT2D eigenvalue weighted by molar-refractivity contribution is 0.232. The average molecular weight is 352 g/mol. The number of fused-ring (bicyclic) bond motifs is 3. The molecule has 0 spiro atoms. The second kappa shape index (κ2) is 5.50. The van der Waals surface area contributed by atoms with Gasteiger partial charge in [0.1, 0.15) is 5.75 Å². The molecule has 108 valence electrons. The van der Waals surface area contributed by atoms with Gasteiger partial charge in [-0.1, -0.05) is 58.4 Å².